The number of aliphatic hydroxyl groups is 2. The lowest BCUT2D eigenvalue weighted by Crippen LogP contribution is -2.28. The third-order valence-electron chi connectivity index (χ3n) is 3.26. The van der Waals surface area contributed by atoms with Gasteiger partial charge in [0.05, 0.1) is 13.2 Å². The Kier molecular flexibility index (Phi) is 5.54. The Bertz CT molecular complexity index is 503. The van der Waals surface area contributed by atoms with Gasteiger partial charge in [-0.2, -0.15) is 0 Å². The number of nitrogens with zero attached hydrogens (tertiary/aromatic N) is 1. The minimum absolute atomic E-state index is 0.0150. The van der Waals surface area contributed by atoms with E-state index in [1.807, 2.05) is 6.07 Å². The summed E-state index contributed by atoms with van der Waals surface area (Å²) in [4.78, 5) is 2.18. The molecule has 0 radical (unpaired) electrons. The number of hydrogen-bond donors (Lipinski definition) is 2. The predicted octanol–water partition coefficient (Wildman–Crippen LogP) is 1.52. The zero-order chi connectivity index (χ0) is 14.4. The number of benzene rings is 1. The van der Waals surface area contributed by atoms with E-state index in [-0.39, 0.29) is 19.0 Å². The normalized spacial score (nSPS) is 14.2. The highest BCUT2D eigenvalue weighted by atomic mass is 19.1. The van der Waals surface area contributed by atoms with Gasteiger partial charge in [0.2, 0.25) is 0 Å². The van der Waals surface area contributed by atoms with Gasteiger partial charge in [0.15, 0.2) is 0 Å². The second kappa shape index (κ2) is 7.39. The number of aliphatic hydroxyl groups excluding tert-OH is 2. The van der Waals surface area contributed by atoms with Crippen molar-refractivity contribution < 1.29 is 14.6 Å². The quantitative estimate of drug-likeness (QED) is 0.775. The summed E-state index contributed by atoms with van der Waals surface area (Å²) in [6.07, 6.45) is 2.70. The molecule has 1 fully saturated rings. The van der Waals surface area contributed by atoms with Crippen molar-refractivity contribution in [2.24, 2.45) is 0 Å². The number of rotatable bonds is 6. The van der Waals surface area contributed by atoms with Gasteiger partial charge in [-0.3, -0.25) is 4.90 Å². The van der Waals surface area contributed by atoms with Gasteiger partial charge >= 0.3 is 0 Å². The zero-order valence-corrected chi connectivity index (χ0v) is 11.5. The van der Waals surface area contributed by atoms with E-state index in [1.54, 1.807) is 0 Å². The van der Waals surface area contributed by atoms with Gasteiger partial charge in [0.25, 0.3) is 0 Å². The van der Waals surface area contributed by atoms with Crippen molar-refractivity contribution in [3.63, 3.8) is 0 Å². The van der Waals surface area contributed by atoms with Crippen LogP contribution in [0.5, 0.6) is 0 Å². The van der Waals surface area contributed by atoms with Crippen LogP contribution in [0.15, 0.2) is 18.2 Å². The molecule has 1 aromatic carbocycles. The maximum Gasteiger partial charge on any atom is 0.124 e. The molecule has 2 N–H and O–H groups in total. The summed E-state index contributed by atoms with van der Waals surface area (Å²) in [6.45, 7) is 1.39. The fraction of sp³-hybridized carbons (Fsp3) is 0.500. The number of hydrogen-bond acceptors (Lipinski definition) is 3. The molecule has 0 spiro atoms. The molecule has 1 aliphatic rings. The van der Waals surface area contributed by atoms with Gasteiger partial charge in [-0.25, -0.2) is 4.39 Å². The van der Waals surface area contributed by atoms with Gasteiger partial charge in [-0.05, 0) is 36.6 Å². The van der Waals surface area contributed by atoms with Crippen LogP contribution in [0.3, 0.4) is 0 Å². The van der Waals surface area contributed by atoms with Crippen molar-refractivity contribution in [2.75, 3.05) is 19.8 Å². The van der Waals surface area contributed by atoms with Crippen LogP contribution < -0.4 is 0 Å². The van der Waals surface area contributed by atoms with E-state index in [4.69, 9.17) is 10.2 Å². The van der Waals surface area contributed by atoms with Gasteiger partial charge < -0.3 is 10.2 Å². The molecule has 0 bridgehead atoms. The van der Waals surface area contributed by atoms with Crippen molar-refractivity contribution in [1.29, 1.82) is 0 Å². The maximum absolute atomic E-state index is 13.6. The van der Waals surface area contributed by atoms with Gasteiger partial charge in [0.1, 0.15) is 5.82 Å². The average Bonchev–Trinajstić information content (AvgIpc) is 3.22. The highest BCUT2D eigenvalue weighted by Crippen LogP contribution is 2.28. The Labute approximate surface area is 119 Å². The largest absolute Gasteiger partial charge is 0.395 e. The van der Waals surface area contributed by atoms with Crippen molar-refractivity contribution in [3.8, 4) is 11.8 Å². The van der Waals surface area contributed by atoms with Gasteiger partial charge in [0, 0.05) is 31.1 Å². The molecule has 3 nitrogen and oxygen atoms in total. The van der Waals surface area contributed by atoms with E-state index in [1.165, 1.54) is 12.1 Å². The van der Waals surface area contributed by atoms with Crippen LogP contribution in [-0.2, 0) is 6.54 Å². The lowest BCUT2D eigenvalue weighted by molar-refractivity contribution is 0.183. The second-order valence-electron chi connectivity index (χ2n) is 5.05. The zero-order valence-electron chi connectivity index (χ0n) is 11.5. The van der Waals surface area contributed by atoms with E-state index < -0.39 is 0 Å². The molecule has 0 heterocycles. The Balaban J connectivity index is 2.08. The molecule has 1 aromatic rings. The average molecular weight is 277 g/mol. The molecule has 0 amide bonds. The van der Waals surface area contributed by atoms with E-state index in [9.17, 15) is 4.39 Å². The summed E-state index contributed by atoms with van der Waals surface area (Å²) in [6, 6.07) is 5.32. The SMILES string of the molecule is OCCC#Cc1cc(F)cc(CN(CCO)C2CC2)c1. The molecule has 0 saturated heterocycles. The molecule has 20 heavy (non-hydrogen) atoms. The minimum atomic E-state index is -0.296. The Morgan fingerprint density at radius 1 is 1.20 bits per heavy atom. The fourth-order valence-electron chi connectivity index (χ4n) is 2.23. The lowest BCUT2D eigenvalue weighted by atomic mass is 10.1. The molecule has 0 atom stereocenters. The molecule has 108 valence electrons. The van der Waals surface area contributed by atoms with Crippen LogP contribution in [-0.4, -0.2) is 40.9 Å². The highest BCUT2D eigenvalue weighted by molar-refractivity contribution is 5.37. The first-order valence-corrected chi connectivity index (χ1v) is 6.97. The first-order chi connectivity index (χ1) is 9.72. The van der Waals surface area contributed by atoms with Crippen molar-refractivity contribution in [1.82, 2.24) is 4.90 Å². The third kappa shape index (κ3) is 4.61. The van der Waals surface area contributed by atoms with E-state index in [0.29, 0.717) is 31.1 Å². The molecular weight excluding hydrogens is 257 g/mol. The van der Waals surface area contributed by atoms with E-state index in [2.05, 4.69) is 16.7 Å². The minimum Gasteiger partial charge on any atom is -0.395 e. The molecule has 1 saturated carbocycles. The van der Waals surface area contributed by atoms with Gasteiger partial charge in [-0.15, -0.1) is 0 Å². The second-order valence-corrected chi connectivity index (χ2v) is 5.05. The standard InChI is InChI=1S/C16H20FNO2/c17-15-10-13(3-1-2-7-19)9-14(11-15)12-18(6-8-20)16-4-5-16/h9-11,16,19-20H,2,4-8,12H2. The summed E-state index contributed by atoms with van der Waals surface area (Å²) in [5.41, 5.74) is 1.51. The van der Waals surface area contributed by atoms with Crippen molar-refractivity contribution in [2.45, 2.75) is 31.8 Å². The fourth-order valence-corrected chi connectivity index (χ4v) is 2.23. The Morgan fingerprint density at radius 3 is 2.65 bits per heavy atom. The van der Waals surface area contributed by atoms with Crippen LogP contribution in [0, 0.1) is 17.7 Å². The first kappa shape index (κ1) is 15.0. The molecule has 4 heteroatoms. The summed E-state index contributed by atoms with van der Waals surface area (Å²) in [5.74, 6) is 5.36. The van der Waals surface area contributed by atoms with Crippen LogP contribution in [0.2, 0.25) is 0 Å². The van der Waals surface area contributed by atoms with Crippen LogP contribution in [0.25, 0.3) is 0 Å². The Morgan fingerprint density at radius 2 is 2.00 bits per heavy atom. The first-order valence-electron chi connectivity index (χ1n) is 6.97. The smallest absolute Gasteiger partial charge is 0.124 e. The number of halogens is 1. The lowest BCUT2D eigenvalue weighted by Gasteiger charge is -2.21. The van der Waals surface area contributed by atoms with Crippen molar-refractivity contribution in [3.05, 3.63) is 35.1 Å². The molecule has 1 aliphatic carbocycles. The van der Waals surface area contributed by atoms with E-state index in [0.717, 1.165) is 18.4 Å². The van der Waals surface area contributed by atoms with Crippen LogP contribution in [0.4, 0.5) is 4.39 Å². The maximum atomic E-state index is 13.6. The molecule has 2 rings (SSSR count). The highest BCUT2D eigenvalue weighted by Gasteiger charge is 2.28. The summed E-state index contributed by atoms with van der Waals surface area (Å²) < 4.78 is 13.6. The molecule has 0 unspecified atom stereocenters. The Hall–Kier alpha value is -1.41. The van der Waals surface area contributed by atoms with Crippen LogP contribution in [0.1, 0.15) is 30.4 Å². The van der Waals surface area contributed by atoms with Crippen molar-refractivity contribution >= 4 is 0 Å². The molecular formula is C16H20FNO2. The predicted molar refractivity (Wildman–Crippen MR) is 75.5 cm³/mol. The van der Waals surface area contributed by atoms with Gasteiger partial charge in [-0.1, -0.05) is 11.8 Å². The molecule has 0 aromatic heterocycles. The van der Waals surface area contributed by atoms with E-state index >= 15 is 0 Å². The third-order valence-corrected chi connectivity index (χ3v) is 3.26. The molecule has 0 aliphatic heterocycles. The summed E-state index contributed by atoms with van der Waals surface area (Å²) in [7, 11) is 0. The summed E-state index contributed by atoms with van der Waals surface area (Å²) in [5, 5.41) is 17.8. The monoisotopic (exact) mass is 277 g/mol. The topological polar surface area (TPSA) is 43.7 Å². The summed E-state index contributed by atoms with van der Waals surface area (Å²) >= 11 is 0. The van der Waals surface area contributed by atoms with Crippen LogP contribution >= 0.6 is 0 Å².